The maximum atomic E-state index is 12.5. The molecule has 140 valence electrons. The predicted octanol–water partition coefficient (Wildman–Crippen LogP) is 2.00. The van der Waals surface area contributed by atoms with Gasteiger partial charge in [0.25, 0.3) is 5.91 Å². The second kappa shape index (κ2) is 8.93. The van der Waals surface area contributed by atoms with Crippen molar-refractivity contribution in [2.45, 2.75) is 19.5 Å². The SMILES string of the molecule is COc1cccc(/C=C/C(=O)OCC(=O)N2CCCC2=O)c1OC(F)F. The molecule has 0 spiro atoms. The predicted molar refractivity (Wildman–Crippen MR) is 85.6 cm³/mol. The second-order valence-corrected chi connectivity index (χ2v) is 5.24. The summed E-state index contributed by atoms with van der Waals surface area (Å²) in [6.45, 7) is -3.34. The van der Waals surface area contributed by atoms with Crippen molar-refractivity contribution in [3.05, 3.63) is 29.8 Å². The Hall–Kier alpha value is -2.97. The van der Waals surface area contributed by atoms with Gasteiger partial charge >= 0.3 is 12.6 Å². The molecule has 0 aliphatic carbocycles. The van der Waals surface area contributed by atoms with E-state index in [1.54, 1.807) is 0 Å². The van der Waals surface area contributed by atoms with Gasteiger partial charge in [0.1, 0.15) is 0 Å². The Balaban J connectivity index is 1.99. The number of halogens is 2. The number of imide groups is 1. The number of hydrogen-bond donors (Lipinski definition) is 0. The van der Waals surface area contributed by atoms with E-state index in [1.165, 1.54) is 31.4 Å². The summed E-state index contributed by atoms with van der Waals surface area (Å²) in [5.41, 5.74) is 0.169. The van der Waals surface area contributed by atoms with Gasteiger partial charge < -0.3 is 14.2 Å². The van der Waals surface area contributed by atoms with Crippen LogP contribution in [0.5, 0.6) is 11.5 Å². The number of amides is 2. The van der Waals surface area contributed by atoms with E-state index in [2.05, 4.69) is 4.74 Å². The Kier molecular flexibility index (Phi) is 6.65. The Morgan fingerprint density at radius 2 is 2.12 bits per heavy atom. The number of hydrogen-bond acceptors (Lipinski definition) is 6. The molecule has 1 aliphatic heterocycles. The Bertz CT molecular complexity index is 719. The molecule has 1 aromatic carbocycles. The summed E-state index contributed by atoms with van der Waals surface area (Å²) in [5, 5.41) is 0. The molecule has 0 radical (unpaired) electrons. The number of carbonyl (C=O) groups excluding carboxylic acids is 3. The lowest BCUT2D eigenvalue weighted by Gasteiger charge is -2.13. The molecule has 26 heavy (non-hydrogen) atoms. The molecule has 0 bridgehead atoms. The zero-order valence-corrected chi connectivity index (χ0v) is 13.9. The Morgan fingerprint density at radius 3 is 2.73 bits per heavy atom. The molecule has 0 N–H and O–H groups in total. The number of alkyl halides is 2. The molecule has 1 fully saturated rings. The lowest BCUT2D eigenvalue weighted by atomic mass is 10.1. The number of carbonyl (C=O) groups is 3. The molecule has 1 aromatic rings. The third kappa shape index (κ3) is 5.01. The fourth-order valence-electron chi connectivity index (χ4n) is 2.37. The van der Waals surface area contributed by atoms with Crippen LogP contribution in [0.25, 0.3) is 6.08 Å². The van der Waals surface area contributed by atoms with Crippen LogP contribution in [0.3, 0.4) is 0 Å². The molecule has 1 heterocycles. The van der Waals surface area contributed by atoms with Crippen molar-refractivity contribution < 1.29 is 37.4 Å². The molecule has 0 saturated carbocycles. The van der Waals surface area contributed by atoms with Gasteiger partial charge in [0.05, 0.1) is 7.11 Å². The minimum Gasteiger partial charge on any atom is -0.493 e. The molecule has 1 aliphatic rings. The van der Waals surface area contributed by atoms with E-state index < -0.39 is 25.1 Å². The monoisotopic (exact) mass is 369 g/mol. The summed E-state index contributed by atoms with van der Waals surface area (Å²) in [6.07, 6.45) is 3.05. The van der Waals surface area contributed by atoms with E-state index in [-0.39, 0.29) is 23.0 Å². The summed E-state index contributed by atoms with van der Waals surface area (Å²) >= 11 is 0. The third-order valence-corrected chi connectivity index (χ3v) is 3.55. The first kappa shape index (κ1) is 19.4. The van der Waals surface area contributed by atoms with Gasteiger partial charge in [-0.15, -0.1) is 0 Å². The molecular weight excluding hydrogens is 352 g/mol. The van der Waals surface area contributed by atoms with Crippen molar-refractivity contribution in [3.63, 3.8) is 0 Å². The highest BCUT2D eigenvalue weighted by Crippen LogP contribution is 2.33. The minimum atomic E-state index is -3.07. The van der Waals surface area contributed by atoms with Gasteiger partial charge in [-0.05, 0) is 18.6 Å². The van der Waals surface area contributed by atoms with Crippen LogP contribution < -0.4 is 9.47 Å². The van der Waals surface area contributed by atoms with E-state index in [4.69, 9.17) is 9.47 Å². The summed E-state index contributed by atoms with van der Waals surface area (Å²) in [4.78, 5) is 36.0. The summed E-state index contributed by atoms with van der Waals surface area (Å²) in [6, 6.07) is 4.40. The van der Waals surface area contributed by atoms with Gasteiger partial charge in [0.15, 0.2) is 18.1 Å². The molecule has 1 saturated heterocycles. The first-order chi connectivity index (χ1) is 12.4. The van der Waals surface area contributed by atoms with E-state index in [9.17, 15) is 23.2 Å². The van der Waals surface area contributed by atoms with Crippen molar-refractivity contribution in [2.75, 3.05) is 20.3 Å². The smallest absolute Gasteiger partial charge is 0.387 e. The van der Waals surface area contributed by atoms with Crippen LogP contribution in [0.2, 0.25) is 0 Å². The van der Waals surface area contributed by atoms with Gasteiger partial charge in [-0.2, -0.15) is 8.78 Å². The highest BCUT2D eigenvalue weighted by Gasteiger charge is 2.26. The van der Waals surface area contributed by atoms with Crippen LogP contribution in [0.15, 0.2) is 24.3 Å². The molecule has 2 amide bonds. The number of likely N-dealkylation sites (tertiary alicyclic amines) is 1. The van der Waals surface area contributed by atoms with Crippen molar-refractivity contribution in [3.8, 4) is 11.5 Å². The van der Waals surface area contributed by atoms with Crippen molar-refractivity contribution in [1.29, 1.82) is 0 Å². The zero-order chi connectivity index (χ0) is 19.1. The molecule has 0 unspecified atom stereocenters. The fraction of sp³-hybridized carbons (Fsp3) is 0.353. The van der Waals surface area contributed by atoms with Gasteiger partial charge in [0, 0.05) is 24.6 Å². The maximum Gasteiger partial charge on any atom is 0.387 e. The highest BCUT2D eigenvalue weighted by atomic mass is 19.3. The van der Waals surface area contributed by atoms with Crippen LogP contribution >= 0.6 is 0 Å². The Labute approximate surface area is 148 Å². The highest BCUT2D eigenvalue weighted by molar-refractivity contribution is 5.98. The number of ether oxygens (including phenoxy) is 3. The largest absolute Gasteiger partial charge is 0.493 e. The molecule has 0 atom stereocenters. The van der Waals surface area contributed by atoms with Crippen LogP contribution in [-0.2, 0) is 19.1 Å². The van der Waals surface area contributed by atoms with E-state index in [0.717, 1.165) is 11.0 Å². The molecule has 7 nitrogen and oxygen atoms in total. The summed E-state index contributed by atoms with van der Waals surface area (Å²) < 4.78 is 39.2. The third-order valence-electron chi connectivity index (χ3n) is 3.55. The topological polar surface area (TPSA) is 82.1 Å². The summed E-state index contributed by atoms with van der Waals surface area (Å²) in [5.74, 6) is -1.92. The minimum absolute atomic E-state index is 0.0727. The van der Waals surface area contributed by atoms with Gasteiger partial charge in [-0.1, -0.05) is 12.1 Å². The van der Waals surface area contributed by atoms with E-state index in [1.807, 2.05) is 0 Å². The number of rotatable bonds is 7. The van der Waals surface area contributed by atoms with Crippen LogP contribution in [-0.4, -0.2) is 49.6 Å². The Morgan fingerprint density at radius 1 is 1.35 bits per heavy atom. The second-order valence-electron chi connectivity index (χ2n) is 5.24. The number of benzene rings is 1. The van der Waals surface area contributed by atoms with Gasteiger partial charge in [-0.25, -0.2) is 4.79 Å². The lowest BCUT2D eigenvalue weighted by Crippen LogP contribution is -2.35. The van der Waals surface area contributed by atoms with Crippen molar-refractivity contribution in [1.82, 2.24) is 4.90 Å². The lowest BCUT2D eigenvalue weighted by molar-refractivity contribution is -0.151. The fourth-order valence-corrected chi connectivity index (χ4v) is 2.37. The number of nitrogens with zero attached hydrogens (tertiary/aromatic N) is 1. The zero-order valence-electron chi connectivity index (χ0n) is 13.9. The normalized spacial score (nSPS) is 14.2. The average Bonchev–Trinajstić information content (AvgIpc) is 3.04. The number of methoxy groups -OCH3 is 1. The number of para-hydroxylation sites is 1. The summed E-state index contributed by atoms with van der Waals surface area (Å²) in [7, 11) is 1.29. The van der Waals surface area contributed by atoms with Crippen molar-refractivity contribution in [2.24, 2.45) is 0 Å². The van der Waals surface area contributed by atoms with Gasteiger partial charge in [0.2, 0.25) is 5.91 Å². The standard InChI is InChI=1S/C17H17F2NO6/c1-24-12-5-2-4-11(16(12)26-17(18)19)7-8-15(23)25-10-14(22)20-9-3-6-13(20)21/h2,4-5,7-8,17H,3,6,9-10H2,1H3/b8-7+. The molecule has 2 rings (SSSR count). The van der Waals surface area contributed by atoms with Crippen LogP contribution in [0, 0.1) is 0 Å². The maximum absolute atomic E-state index is 12.5. The van der Waals surface area contributed by atoms with Gasteiger partial charge in [-0.3, -0.25) is 14.5 Å². The molecule has 0 aromatic heterocycles. The van der Waals surface area contributed by atoms with E-state index >= 15 is 0 Å². The van der Waals surface area contributed by atoms with Crippen molar-refractivity contribution >= 4 is 23.9 Å². The number of esters is 1. The van der Waals surface area contributed by atoms with Crippen LogP contribution in [0.1, 0.15) is 18.4 Å². The first-order valence-corrected chi connectivity index (χ1v) is 7.72. The molecular formula is C17H17F2NO6. The van der Waals surface area contributed by atoms with Crippen LogP contribution in [0.4, 0.5) is 8.78 Å². The first-order valence-electron chi connectivity index (χ1n) is 7.72. The average molecular weight is 369 g/mol. The van der Waals surface area contributed by atoms with E-state index in [0.29, 0.717) is 19.4 Å². The quantitative estimate of drug-likeness (QED) is 0.540. The molecule has 9 heteroatoms.